The Kier molecular flexibility index (Phi) is 5.76. The van der Waals surface area contributed by atoms with Crippen LogP contribution in [0.4, 0.5) is 0 Å². The Morgan fingerprint density at radius 1 is 1.38 bits per heavy atom. The number of morpholine rings is 1. The van der Waals surface area contributed by atoms with E-state index in [1.165, 1.54) is 0 Å². The molecule has 1 aliphatic rings. The molecule has 0 saturated carbocycles. The van der Waals surface area contributed by atoms with Crippen molar-refractivity contribution < 1.29 is 14.3 Å². The molecule has 1 aromatic carbocycles. The Labute approximate surface area is 127 Å². The first-order valence-electron chi connectivity index (χ1n) is 7.62. The highest BCUT2D eigenvalue weighted by molar-refractivity contribution is 5.82. The van der Waals surface area contributed by atoms with Crippen LogP contribution in [0.2, 0.25) is 0 Å². The fourth-order valence-corrected chi connectivity index (χ4v) is 2.74. The third-order valence-electron chi connectivity index (χ3n) is 4.26. The molecule has 4 heteroatoms. The van der Waals surface area contributed by atoms with Crippen molar-refractivity contribution >= 4 is 5.91 Å². The number of carbonyl (C=O) groups excluding carboxylic acids is 1. The lowest BCUT2D eigenvalue weighted by atomic mass is 9.95. The summed E-state index contributed by atoms with van der Waals surface area (Å²) in [4.78, 5) is 14.5. The summed E-state index contributed by atoms with van der Waals surface area (Å²) in [5.41, 5.74) is 1.12. The van der Waals surface area contributed by atoms with Gasteiger partial charge < -0.3 is 14.4 Å². The third kappa shape index (κ3) is 3.83. The van der Waals surface area contributed by atoms with Gasteiger partial charge in [-0.15, -0.1) is 0 Å². The van der Waals surface area contributed by atoms with Crippen molar-refractivity contribution in [2.75, 3.05) is 20.4 Å². The van der Waals surface area contributed by atoms with Crippen LogP contribution in [0.3, 0.4) is 0 Å². The first-order valence-corrected chi connectivity index (χ1v) is 7.62. The van der Waals surface area contributed by atoms with Crippen LogP contribution < -0.4 is 0 Å². The summed E-state index contributed by atoms with van der Waals surface area (Å²) in [7, 11) is 1.63. The standard InChI is InChI=1S/C17H25NO3/c1-4-13(2)15-11-21-16(17(19)18(15)12-20-3)10-14-8-6-5-7-9-14/h5-9,13,15-16H,4,10-12H2,1-3H3/t13?,15-,16+/m1/s1. The predicted molar refractivity (Wildman–Crippen MR) is 81.9 cm³/mol. The third-order valence-corrected chi connectivity index (χ3v) is 4.26. The van der Waals surface area contributed by atoms with Gasteiger partial charge in [-0.25, -0.2) is 0 Å². The van der Waals surface area contributed by atoms with Crippen molar-refractivity contribution in [2.45, 2.75) is 38.8 Å². The zero-order valence-electron chi connectivity index (χ0n) is 13.1. The van der Waals surface area contributed by atoms with E-state index in [9.17, 15) is 4.79 Å². The lowest BCUT2D eigenvalue weighted by Crippen LogP contribution is -2.57. The van der Waals surface area contributed by atoms with E-state index >= 15 is 0 Å². The van der Waals surface area contributed by atoms with Crippen molar-refractivity contribution in [1.82, 2.24) is 4.90 Å². The molecule has 0 aliphatic carbocycles. The van der Waals surface area contributed by atoms with Gasteiger partial charge in [-0.05, 0) is 11.5 Å². The first kappa shape index (κ1) is 16.0. The van der Waals surface area contributed by atoms with E-state index in [0.29, 0.717) is 25.7 Å². The molecule has 1 amide bonds. The topological polar surface area (TPSA) is 38.8 Å². The quantitative estimate of drug-likeness (QED) is 0.808. The maximum absolute atomic E-state index is 12.7. The minimum absolute atomic E-state index is 0.0391. The van der Waals surface area contributed by atoms with Crippen LogP contribution in [0.5, 0.6) is 0 Å². The second kappa shape index (κ2) is 7.57. The number of methoxy groups -OCH3 is 1. The summed E-state index contributed by atoms with van der Waals surface area (Å²) in [5.74, 6) is 0.444. The van der Waals surface area contributed by atoms with Gasteiger partial charge in [-0.3, -0.25) is 4.79 Å². The van der Waals surface area contributed by atoms with E-state index in [2.05, 4.69) is 13.8 Å². The van der Waals surface area contributed by atoms with Gasteiger partial charge in [0.25, 0.3) is 5.91 Å². The van der Waals surface area contributed by atoms with Gasteiger partial charge in [0, 0.05) is 13.5 Å². The fourth-order valence-electron chi connectivity index (χ4n) is 2.74. The average molecular weight is 291 g/mol. The number of benzene rings is 1. The van der Waals surface area contributed by atoms with Gasteiger partial charge in [0.05, 0.1) is 12.6 Å². The van der Waals surface area contributed by atoms with Crippen LogP contribution in [-0.4, -0.2) is 43.4 Å². The molecule has 4 nitrogen and oxygen atoms in total. The van der Waals surface area contributed by atoms with Crippen LogP contribution >= 0.6 is 0 Å². The second-order valence-corrected chi connectivity index (χ2v) is 5.69. The molecule has 0 spiro atoms. The van der Waals surface area contributed by atoms with E-state index < -0.39 is 6.10 Å². The predicted octanol–water partition coefficient (Wildman–Crippen LogP) is 2.48. The highest BCUT2D eigenvalue weighted by atomic mass is 16.5. The smallest absolute Gasteiger partial charge is 0.254 e. The molecule has 0 aromatic heterocycles. The molecule has 0 radical (unpaired) electrons. The first-order chi connectivity index (χ1) is 10.2. The Balaban J connectivity index is 2.08. The molecular formula is C17H25NO3. The molecule has 1 aliphatic heterocycles. The summed E-state index contributed by atoms with van der Waals surface area (Å²) in [6.45, 7) is 5.21. The van der Waals surface area contributed by atoms with Crippen molar-refractivity contribution in [3.8, 4) is 0 Å². The minimum atomic E-state index is -0.400. The maximum Gasteiger partial charge on any atom is 0.254 e. The molecule has 1 unspecified atom stereocenters. The van der Waals surface area contributed by atoms with Gasteiger partial charge in [0.2, 0.25) is 0 Å². The number of nitrogens with zero attached hydrogens (tertiary/aromatic N) is 1. The molecule has 21 heavy (non-hydrogen) atoms. The van der Waals surface area contributed by atoms with Crippen LogP contribution in [0.1, 0.15) is 25.8 Å². The SMILES string of the molecule is CCC(C)[C@H]1CO[C@@H](Cc2ccccc2)C(=O)N1COC. The van der Waals surface area contributed by atoms with E-state index in [1.54, 1.807) is 7.11 Å². The molecule has 3 atom stereocenters. The summed E-state index contributed by atoms with van der Waals surface area (Å²) in [5, 5.41) is 0. The number of carbonyl (C=O) groups is 1. The van der Waals surface area contributed by atoms with E-state index in [1.807, 2.05) is 35.2 Å². The van der Waals surface area contributed by atoms with E-state index in [-0.39, 0.29) is 11.9 Å². The summed E-state index contributed by atoms with van der Waals surface area (Å²) in [6, 6.07) is 10.1. The molecule has 1 fully saturated rings. The molecule has 1 saturated heterocycles. The zero-order chi connectivity index (χ0) is 15.2. The lowest BCUT2D eigenvalue weighted by molar-refractivity contribution is -0.170. The largest absolute Gasteiger partial charge is 0.366 e. The van der Waals surface area contributed by atoms with E-state index in [4.69, 9.17) is 9.47 Å². The molecule has 1 heterocycles. The Bertz CT molecular complexity index is 449. The van der Waals surface area contributed by atoms with Gasteiger partial charge in [0.15, 0.2) is 0 Å². The molecule has 0 bridgehead atoms. The summed E-state index contributed by atoms with van der Waals surface area (Å²) in [6.07, 6.45) is 1.24. The van der Waals surface area contributed by atoms with Crippen LogP contribution in [0.15, 0.2) is 30.3 Å². The van der Waals surface area contributed by atoms with Crippen molar-refractivity contribution in [3.05, 3.63) is 35.9 Å². The Morgan fingerprint density at radius 3 is 2.71 bits per heavy atom. The van der Waals surface area contributed by atoms with Crippen molar-refractivity contribution in [2.24, 2.45) is 5.92 Å². The highest BCUT2D eigenvalue weighted by Gasteiger charge is 2.38. The van der Waals surface area contributed by atoms with E-state index in [0.717, 1.165) is 12.0 Å². The summed E-state index contributed by atoms with van der Waals surface area (Å²) < 4.78 is 11.1. The molecule has 116 valence electrons. The molecular weight excluding hydrogens is 266 g/mol. The number of ether oxygens (including phenoxy) is 2. The maximum atomic E-state index is 12.7. The number of rotatable bonds is 6. The Hall–Kier alpha value is -1.39. The average Bonchev–Trinajstić information content (AvgIpc) is 2.52. The molecule has 1 aromatic rings. The van der Waals surface area contributed by atoms with Crippen LogP contribution in [-0.2, 0) is 20.7 Å². The van der Waals surface area contributed by atoms with Gasteiger partial charge in [-0.1, -0.05) is 50.6 Å². The molecule has 2 rings (SSSR count). The Morgan fingerprint density at radius 2 is 2.10 bits per heavy atom. The zero-order valence-corrected chi connectivity index (χ0v) is 13.1. The van der Waals surface area contributed by atoms with Gasteiger partial charge in [-0.2, -0.15) is 0 Å². The summed E-state index contributed by atoms with van der Waals surface area (Å²) >= 11 is 0. The molecule has 0 N–H and O–H groups in total. The van der Waals surface area contributed by atoms with Gasteiger partial charge >= 0.3 is 0 Å². The number of hydrogen-bond donors (Lipinski definition) is 0. The fraction of sp³-hybridized carbons (Fsp3) is 0.588. The van der Waals surface area contributed by atoms with Crippen molar-refractivity contribution in [1.29, 1.82) is 0 Å². The van der Waals surface area contributed by atoms with Gasteiger partial charge in [0.1, 0.15) is 12.8 Å². The van der Waals surface area contributed by atoms with Crippen LogP contribution in [0.25, 0.3) is 0 Å². The highest BCUT2D eigenvalue weighted by Crippen LogP contribution is 2.23. The van der Waals surface area contributed by atoms with Crippen molar-refractivity contribution in [3.63, 3.8) is 0 Å². The monoisotopic (exact) mass is 291 g/mol. The second-order valence-electron chi connectivity index (χ2n) is 5.69. The number of hydrogen-bond acceptors (Lipinski definition) is 3. The van der Waals surface area contributed by atoms with Crippen LogP contribution in [0, 0.1) is 5.92 Å². The minimum Gasteiger partial charge on any atom is -0.366 e. The lowest BCUT2D eigenvalue weighted by Gasteiger charge is -2.41. The normalized spacial score (nSPS) is 24.1. The number of amides is 1.